The van der Waals surface area contributed by atoms with Gasteiger partial charge in [-0.15, -0.1) is 11.8 Å². The van der Waals surface area contributed by atoms with Gasteiger partial charge in [0.2, 0.25) is 5.91 Å². The number of carboxylic acids is 1. The van der Waals surface area contributed by atoms with Crippen molar-refractivity contribution in [1.29, 1.82) is 0 Å². The maximum Gasteiger partial charge on any atom is 0.329 e. The van der Waals surface area contributed by atoms with Crippen LogP contribution in [-0.4, -0.2) is 33.5 Å². The third kappa shape index (κ3) is 3.37. The minimum absolute atomic E-state index is 0.0689. The van der Waals surface area contributed by atoms with E-state index in [4.69, 9.17) is 0 Å². The molecule has 2 N–H and O–H groups in total. The predicted molar refractivity (Wildman–Crippen MR) is 69.2 cm³/mol. The van der Waals surface area contributed by atoms with Crippen LogP contribution < -0.4 is 5.32 Å². The number of thioether (sulfide) groups is 1. The Kier molecular flexibility index (Phi) is 5.31. The van der Waals surface area contributed by atoms with Gasteiger partial charge in [-0.05, 0) is 31.4 Å². The molecule has 0 aromatic heterocycles. The highest BCUT2D eigenvalue weighted by atomic mass is 32.2. The summed E-state index contributed by atoms with van der Waals surface area (Å²) in [6, 6.07) is 0. The lowest BCUT2D eigenvalue weighted by atomic mass is 9.92. The first-order valence-corrected chi connectivity index (χ1v) is 7.27. The summed E-state index contributed by atoms with van der Waals surface area (Å²) in [6.07, 6.45) is 3.91. The molecule has 1 fully saturated rings. The van der Waals surface area contributed by atoms with E-state index >= 15 is 0 Å². The molecule has 1 aliphatic heterocycles. The van der Waals surface area contributed by atoms with Crippen LogP contribution in [0.1, 0.15) is 46.0 Å². The van der Waals surface area contributed by atoms with Crippen molar-refractivity contribution < 1.29 is 14.7 Å². The lowest BCUT2D eigenvalue weighted by Gasteiger charge is -2.31. The fourth-order valence-corrected chi connectivity index (χ4v) is 3.25. The van der Waals surface area contributed by atoms with Crippen LogP contribution in [0.2, 0.25) is 0 Å². The Balaban J connectivity index is 2.66. The number of hydrogen-bond acceptors (Lipinski definition) is 3. The van der Waals surface area contributed by atoms with Crippen LogP contribution in [-0.2, 0) is 9.59 Å². The highest BCUT2D eigenvalue weighted by Crippen LogP contribution is 2.26. The van der Waals surface area contributed by atoms with Gasteiger partial charge in [0.15, 0.2) is 0 Å². The molecule has 17 heavy (non-hydrogen) atoms. The van der Waals surface area contributed by atoms with E-state index in [0.29, 0.717) is 12.8 Å². The highest BCUT2D eigenvalue weighted by molar-refractivity contribution is 8.00. The Bertz CT molecular complexity index is 283. The smallest absolute Gasteiger partial charge is 0.329 e. The van der Waals surface area contributed by atoms with E-state index in [0.717, 1.165) is 25.0 Å². The van der Waals surface area contributed by atoms with Gasteiger partial charge in [-0.1, -0.05) is 20.3 Å². The summed E-state index contributed by atoms with van der Waals surface area (Å²) in [7, 11) is 0. The number of carbonyl (C=O) groups is 2. The van der Waals surface area contributed by atoms with Crippen molar-refractivity contribution in [3.63, 3.8) is 0 Å². The molecule has 0 aromatic rings. The molecule has 1 amide bonds. The van der Waals surface area contributed by atoms with E-state index in [1.165, 1.54) is 0 Å². The molecule has 5 heteroatoms. The molecule has 0 bridgehead atoms. The molecule has 1 saturated heterocycles. The fourth-order valence-electron chi connectivity index (χ4n) is 2.05. The third-order valence-corrected chi connectivity index (χ3v) is 4.83. The van der Waals surface area contributed by atoms with Crippen LogP contribution >= 0.6 is 11.8 Å². The van der Waals surface area contributed by atoms with Gasteiger partial charge in [0.25, 0.3) is 0 Å². The van der Waals surface area contributed by atoms with E-state index in [2.05, 4.69) is 5.32 Å². The van der Waals surface area contributed by atoms with Crippen LogP contribution in [0.4, 0.5) is 0 Å². The number of aliphatic carboxylic acids is 1. The Hall–Kier alpha value is -0.710. The Morgan fingerprint density at radius 3 is 2.41 bits per heavy atom. The molecular weight excluding hydrogens is 238 g/mol. The molecule has 0 radical (unpaired) electrons. The maximum absolute atomic E-state index is 12.0. The Labute approximate surface area is 107 Å². The largest absolute Gasteiger partial charge is 0.480 e. The van der Waals surface area contributed by atoms with E-state index in [9.17, 15) is 14.7 Å². The summed E-state index contributed by atoms with van der Waals surface area (Å²) < 4.78 is 0. The molecule has 1 unspecified atom stereocenters. The van der Waals surface area contributed by atoms with Crippen molar-refractivity contribution in [2.75, 3.05) is 5.75 Å². The lowest BCUT2D eigenvalue weighted by molar-refractivity contribution is -0.148. The van der Waals surface area contributed by atoms with Crippen LogP contribution in [0.25, 0.3) is 0 Å². The van der Waals surface area contributed by atoms with E-state index in [1.807, 2.05) is 0 Å². The standard InChI is InChI=1S/C12H21NO3S/c1-3-12(4-2,11(15)16)13-10(14)9-7-5-6-8-17-9/h9H,3-8H2,1-2H3,(H,13,14)(H,15,16). The van der Waals surface area contributed by atoms with Gasteiger partial charge in [-0.25, -0.2) is 4.79 Å². The first-order valence-electron chi connectivity index (χ1n) is 6.22. The molecule has 98 valence electrons. The van der Waals surface area contributed by atoms with Crippen LogP contribution in [0, 0.1) is 0 Å². The molecular formula is C12H21NO3S. The van der Waals surface area contributed by atoms with Gasteiger partial charge < -0.3 is 10.4 Å². The number of carbonyl (C=O) groups excluding carboxylic acids is 1. The first-order chi connectivity index (χ1) is 8.05. The van der Waals surface area contributed by atoms with Gasteiger partial charge in [0.05, 0.1) is 5.25 Å². The van der Waals surface area contributed by atoms with Crippen LogP contribution in [0.3, 0.4) is 0 Å². The van der Waals surface area contributed by atoms with Gasteiger partial charge >= 0.3 is 5.97 Å². The van der Waals surface area contributed by atoms with Crippen molar-refractivity contribution in [2.45, 2.75) is 56.7 Å². The molecule has 1 heterocycles. The quantitative estimate of drug-likeness (QED) is 0.793. The van der Waals surface area contributed by atoms with Crippen molar-refractivity contribution in [3.05, 3.63) is 0 Å². The minimum Gasteiger partial charge on any atom is -0.480 e. The van der Waals surface area contributed by atoms with Crippen molar-refractivity contribution in [1.82, 2.24) is 5.32 Å². The van der Waals surface area contributed by atoms with Crippen LogP contribution in [0.15, 0.2) is 0 Å². The van der Waals surface area contributed by atoms with E-state index in [-0.39, 0.29) is 11.2 Å². The maximum atomic E-state index is 12.0. The summed E-state index contributed by atoms with van der Waals surface area (Å²) >= 11 is 1.64. The summed E-state index contributed by atoms with van der Waals surface area (Å²) in [4.78, 5) is 23.3. The molecule has 0 aliphatic carbocycles. The normalized spacial score (nSPS) is 20.9. The second kappa shape index (κ2) is 6.28. The second-order valence-electron chi connectivity index (χ2n) is 4.44. The summed E-state index contributed by atoms with van der Waals surface area (Å²) in [5.74, 6) is -0.0476. The van der Waals surface area contributed by atoms with Gasteiger partial charge in [-0.3, -0.25) is 4.79 Å². The Morgan fingerprint density at radius 2 is 2.00 bits per heavy atom. The number of carboxylic acid groups (broad SMARTS) is 1. The number of hydrogen-bond donors (Lipinski definition) is 2. The minimum atomic E-state index is -1.09. The molecule has 1 aliphatic rings. The molecule has 4 nitrogen and oxygen atoms in total. The average Bonchev–Trinajstić information content (AvgIpc) is 2.36. The van der Waals surface area contributed by atoms with Gasteiger partial charge in [0, 0.05) is 0 Å². The second-order valence-corrected chi connectivity index (χ2v) is 5.75. The lowest BCUT2D eigenvalue weighted by Crippen LogP contribution is -2.56. The average molecular weight is 259 g/mol. The first kappa shape index (κ1) is 14.4. The van der Waals surface area contributed by atoms with Crippen LogP contribution in [0.5, 0.6) is 0 Å². The summed E-state index contributed by atoms with van der Waals surface area (Å²) in [5.41, 5.74) is -1.09. The van der Waals surface area contributed by atoms with Crippen molar-refractivity contribution in [2.24, 2.45) is 0 Å². The van der Waals surface area contributed by atoms with Crippen molar-refractivity contribution in [3.8, 4) is 0 Å². The zero-order valence-corrected chi connectivity index (χ0v) is 11.3. The highest BCUT2D eigenvalue weighted by Gasteiger charge is 2.38. The topological polar surface area (TPSA) is 66.4 Å². The van der Waals surface area contributed by atoms with Gasteiger partial charge in [0.1, 0.15) is 5.54 Å². The zero-order valence-electron chi connectivity index (χ0n) is 10.5. The molecule has 1 atom stereocenters. The van der Waals surface area contributed by atoms with E-state index < -0.39 is 11.5 Å². The van der Waals surface area contributed by atoms with E-state index in [1.54, 1.807) is 25.6 Å². The molecule has 0 saturated carbocycles. The molecule has 0 spiro atoms. The van der Waals surface area contributed by atoms with Gasteiger partial charge in [-0.2, -0.15) is 0 Å². The number of amides is 1. The predicted octanol–water partition coefficient (Wildman–Crippen LogP) is 2.03. The number of nitrogens with one attached hydrogen (secondary N) is 1. The summed E-state index contributed by atoms with van der Waals surface area (Å²) in [6.45, 7) is 3.60. The SMILES string of the molecule is CCC(CC)(NC(=O)C1CCCCS1)C(=O)O. The Morgan fingerprint density at radius 1 is 1.35 bits per heavy atom. The monoisotopic (exact) mass is 259 g/mol. The number of rotatable bonds is 5. The third-order valence-electron chi connectivity index (χ3n) is 3.45. The zero-order chi connectivity index (χ0) is 12.9. The summed E-state index contributed by atoms with van der Waals surface area (Å²) in [5, 5.41) is 11.9. The fraction of sp³-hybridized carbons (Fsp3) is 0.833. The van der Waals surface area contributed by atoms with Crippen molar-refractivity contribution >= 4 is 23.6 Å². The molecule has 1 rings (SSSR count). The molecule has 0 aromatic carbocycles.